The third-order valence-corrected chi connectivity index (χ3v) is 8.42. The van der Waals surface area contributed by atoms with E-state index in [4.69, 9.17) is 0 Å². The van der Waals surface area contributed by atoms with Crippen LogP contribution in [0.5, 0.6) is 0 Å². The molecule has 1 saturated heterocycles. The number of aromatic nitrogens is 6. The minimum Gasteiger partial charge on any atom is -0.318 e. The molecule has 4 aromatic rings. The number of halogens is 1. The molecule has 1 N–H and O–H groups in total. The van der Waals surface area contributed by atoms with E-state index in [9.17, 15) is 14.0 Å². The molecule has 40 heavy (non-hydrogen) atoms. The summed E-state index contributed by atoms with van der Waals surface area (Å²) < 4.78 is 16.5. The third-order valence-electron chi connectivity index (χ3n) is 6.86. The van der Waals surface area contributed by atoms with Crippen molar-refractivity contribution in [1.82, 2.24) is 29.7 Å². The van der Waals surface area contributed by atoms with Crippen LogP contribution >= 0.6 is 17.8 Å². The van der Waals surface area contributed by atoms with Gasteiger partial charge >= 0.3 is 0 Å². The van der Waals surface area contributed by atoms with Crippen LogP contribution in [0.1, 0.15) is 58.9 Å². The van der Waals surface area contributed by atoms with Crippen LogP contribution < -0.4 is 15.5 Å². The SMILES string of the molecule is CPC(F)c1ccc(C)c(P)c1-c1cncc(C(=O)Nc2cnn([C@@H](C)c3cnc(N4CCCC4=O)nc3)c2)n1. The number of rotatable bonds is 8. The molecule has 10 nitrogen and oxygen atoms in total. The summed E-state index contributed by atoms with van der Waals surface area (Å²) >= 11 is 0. The largest absolute Gasteiger partial charge is 0.318 e. The van der Waals surface area contributed by atoms with E-state index in [1.807, 2.05) is 26.6 Å². The fourth-order valence-corrected chi connectivity index (χ4v) is 5.46. The van der Waals surface area contributed by atoms with Crippen molar-refractivity contribution in [1.29, 1.82) is 0 Å². The lowest BCUT2D eigenvalue weighted by Crippen LogP contribution is -2.26. The summed E-state index contributed by atoms with van der Waals surface area (Å²) in [5, 5.41) is 8.01. The zero-order chi connectivity index (χ0) is 28.4. The summed E-state index contributed by atoms with van der Waals surface area (Å²) in [7, 11) is 2.73. The van der Waals surface area contributed by atoms with Gasteiger partial charge in [-0.2, -0.15) is 5.10 Å². The van der Waals surface area contributed by atoms with Gasteiger partial charge in [-0.15, -0.1) is 9.24 Å². The van der Waals surface area contributed by atoms with Crippen molar-refractivity contribution in [2.75, 3.05) is 23.4 Å². The van der Waals surface area contributed by atoms with Crippen LogP contribution in [0.4, 0.5) is 16.0 Å². The molecule has 206 valence electrons. The number of anilines is 2. The fourth-order valence-electron chi connectivity index (χ4n) is 4.50. The van der Waals surface area contributed by atoms with Gasteiger partial charge in [-0.25, -0.2) is 19.3 Å². The molecular formula is C27H29FN8O2P2. The highest BCUT2D eigenvalue weighted by molar-refractivity contribution is 7.37. The second kappa shape index (κ2) is 11.8. The van der Waals surface area contributed by atoms with E-state index in [-0.39, 0.29) is 26.2 Å². The third kappa shape index (κ3) is 5.62. The van der Waals surface area contributed by atoms with Crippen LogP contribution in [0.25, 0.3) is 11.3 Å². The number of alkyl halides is 1. The number of nitrogens with zero attached hydrogens (tertiary/aromatic N) is 7. The molecule has 1 aliphatic rings. The van der Waals surface area contributed by atoms with Gasteiger partial charge in [0.2, 0.25) is 11.9 Å². The molecule has 4 atom stereocenters. The number of hydrogen-bond donors (Lipinski definition) is 1. The van der Waals surface area contributed by atoms with Gasteiger partial charge in [0.05, 0.1) is 36.0 Å². The molecule has 5 rings (SSSR count). The van der Waals surface area contributed by atoms with Crippen LogP contribution in [0, 0.1) is 6.92 Å². The molecular weight excluding hydrogens is 549 g/mol. The Kier molecular flexibility index (Phi) is 8.24. The predicted molar refractivity (Wildman–Crippen MR) is 157 cm³/mol. The van der Waals surface area contributed by atoms with Crippen molar-refractivity contribution >= 4 is 46.6 Å². The zero-order valence-electron chi connectivity index (χ0n) is 22.3. The van der Waals surface area contributed by atoms with Crippen LogP contribution in [0.3, 0.4) is 0 Å². The Hall–Kier alpha value is -3.68. The molecule has 3 unspecified atom stereocenters. The minimum absolute atomic E-state index is 0.0322. The smallest absolute Gasteiger partial charge is 0.275 e. The van der Waals surface area contributed by atoms with E-state index in [0.29, 0.717) is 41.4 Å². The lowest BCUT2D eigenvalue weighted by Gasteiger charge is -2.16. The van der Waals surface area contributed by atoms with E-state index >= 15 is 0 Å². The van der Waals surface area contributed by atoms with Gasteiger partial charge in [0.25, 0.3) is 5.91 Å². The molecule has 4 heterocycles. The maximum absolute atomic E-state index is 14.8. The van der Waals surface area contributed by atoms with Gasteiger partial charge in [0, 0.05) is 42.7 Å². The van der Waals surface area contributed by atoms with Crippen molar-refractivity contribution in [3.63, 3.8) is 0 Å². The molecule has 2 amide bonds. The summed E-state index contributed by atoms with van der Waals surface area (Å²) in [5.74, 6) is -1.16. The fraction of sp³-hybridized carbons (Fsp3) is 0.296. The van der Waals surface area contributed by atoms with Gasteiger partial charge in [-0.3, -0.25) is 24.2 Å². The summed E-state index contributed by atoms with van der Waals surface area (Å²) in [6, 6.07) is 3.43. The Bertz CT molecular complexity index is 1560. The molecule has 0 spiro atoms. The highest BCUT2D eigenvalue weighted by Crippen LogP contribution is 2.38. The zero-order valence-corrected chi connectivity index (χ0v) is 24.5. The summed E-state index contributed by atoms with van der Waals surface area (Å²) in [6.07, 6.45) is 10.8. The second-order valence-corrected chi connectivity index (χ2v) is 11.2. The lowest BCUT2D eigenvalue weighted by molar-refractivity contribution is -0.117. The predicted octanol–water partition coefficient (Wildman–Crippen LogP) is 4.20. The maximum Gasteiger partial charge on any atom is 0.275 e. The molecule has 3 aromatic heterocycles. The van der Waals surface area contributed by atoms with Gasteiger partial charge in [-0.1, -0.05) is 20.7 Å². The first-order chi connectivity index (χ1) is 19.3. The highest BCUT2D eigenvalue weighted by atomic mass is 31.1. The Morgan fingerprint density at radius 1 is 1.18 bits per heavy atom. The molecule has 1 aromatic carbocycles. The van der Waals surface area contributed by atoms with E-state index in [1.54, 1.807) is 46.6 Å². The van der Waals surface area contributed by atoms with Crippen LogP contribution in [0.15, 0.2) is 49.3 Å². The lowest BCUT2D eigenvalue weighted by atomic mass is 10.0. The van der Waals surface area contributed by atoms with Gasteiger partial charge in [-0.05, 0) is 43.4 Å². The average molecular weight is 579 g/mol. The number of carbonyl (C=O) groups excluding carboxylic acids is 2. The second-order valence-electron chi connectivity index (χ2n) is 9.51. The summed E-state index contributed by atoms with van der Waals surface area (Å²) in [4.78, 5) is 44.1. The highest BCUT2D eigenvalue weighted by Gasteiger charge is 2.24. The normalized spacial score (nSPS) is 15.1. The van der Waals surface area contributed by atoms with Crippen LogP contribution in [-0.4, -0.2) is 54.7 Å². The van der Waals surface area contributed by atoms with E-state index in [1.165, 1.54) is 6.20 Å². The topological polar surface area (TPSA) is 119 Å². The summed E-state index contributed by atoms with van der Waals surface area (Å²) in [6.45, 7) is 6.31. The van der Waals surface area contributed by atoms with Crippen molar-refractivity contribution in [2.24, 2.45) is 0 Å². The van der Waals surface area contributed by atoms with E-state index in [0.717, 1.165) is 22.9 Å². The molecule has 1 fully saturated rings. The maximum atomic E-state index is 14.8. The summed E-state index contributed by atoms with van der Waals surface area (Å²) in [5.41, 5.74) is 3.95. The Balaban J connectivity index is 1.32. The van der Waals surface area contributed by atoms with E-state index in [2.05, 4.69) is 39.6 Å². The first kappa shape index (κ1) is 27.9. The van der Waals surface area contributed by atoms with Crippen LogP contribution in [-0.2, 0) is 4.79 Å². The number of aryl methyl sites for hydroxylation is 1. The van der Waals surface area contributed by atoms with Crippen LogP contribution in [0.2, 0.25) is 0 Å². The van der Waals surface area contributed by atoms with E-state index < -0.39 is 11.8 Å². The molecule has 13 heteroatoms. The standard InChI is InChI=1S/C27H29FN8O2P2/c1-15-6-7-19(25(28)40-3)23(24(15)39)20-12-29-13-21(34-20)26(38)33-18-11-32-36(14-18)16(2)17-9-30-27(31-10-17)35-8-4-5-22(35)37/h6-7,9-14,16,25,40H,4-5,8,39H2,1-3H3,(H,33,38)/t16-,25?/m0/s1. The first-order valence-corrected chi connectivity index (χ1v) is 14.9. The Labute approximate surface area is 235 Å². The van der Waals surface area contributed by atoms with Crippen molar-refractivity contribution in [2.45, 2.75) is 38.6 Å². The Morgan fingerprint density at radius 3 is 2.65 bits per heavy atom. The number of benzene rings is 1. The van der Waals surface area contributed by atoms with Gasteiger partial charge < -0.3 is 5.32 Å². The molecule has 0 saturated carbocycles. The molecule has 0 radical (unpaired) electrons. The number of amides is 2. The Morgan fingerprint density at radius 2 is 1.95 bits per heavy atom. The number of hydrogen-bond acceptors (Lipinski definition) is 7. The molecule has 0 bridgehead atoms. The number of nitrogens with one attached hydrogen (secondary N) is 1. The minimum atomic E-state index is -1.13. The molecule has 0 aliphatic carbocycles. The van der Waals surface area contributed by atoms with Gasteiger partial charge in [0.15, 0.2) is 0 Å². The first-order valence-electron chi connectivity index (χ1n) is 12.8. The molecule has 1 aliphatic heterocycles. The van der Waals surface area contributed by atoms with Crippen molar-refractivity contribution in [3.05, 3.63) is 71.7 Å². The quantitative estimate of drug-likeness (QED) is 0.311. The van der Waals surface area contributed by atoms with Crippen molar-refractivity contribution < 1.29 is 14.0 Å². The van der Waals surface area contributed by atoms with Crippen molar-refractivity contribution in [3.8, 4) is 11.3 Å². The van der Waals surface area contributed by atoms with Gasteiger partial charge in [0.1, 0.15) is 11.6 Å². The average Bonchev–Trinajstić information content (AvgIpc) is 3.62. The number of carbonyl (C=O) groups is 2. The monoisotopic (exact) mass is 578 g/mol.